The van der Waals surface area contributed by atoms with Crippen molar-refractivity contribution < 1.29 is 9.90 Å². The monoisotopic (exact) mass is 279 g/mol. The fraction of sp³-hybridized carbons (Fsp3) is 0.941. The molecule has 0 radical (unpaired) electrons. The lowest BCUT2D eigenvalue weighted by Crippen LogP contribution is -2.47. The quantitative estimate of drug-likeness (QED) is 0.776. The van der Waals surface area contributed by atoms with Gasteiger partial charge in [-0.1, -0.05) is 19.8 Å². The summed E-state index contributed by atoms with van der Waals surface area (Å²) >= 11 is 0. The van der Waals surface area contributed by atoms with E-state index in [1.54, 1.807) is 0 Å². The molecule has 114 valence electrons. The van der Waals surface area contributed by atoms with Gasteiger partial charge in [-0.2, -0.15) is 0 Å². The molecule has 3 aliphatic carbocycles. The summed E-state index contributed by atoms with van der Waals surface area (Å²) in [6.07, 6.45) is 9.51. The average molecular weight is 279 g/mol. The molecule has 1 N–H and O–H groups in total. The molecule has 0 saturated heterocycles. The van der Waals surface area contributed by atoms with Gasteiger partial charge in [0.25, 0.3) is 0 Å². The molecule has 3 heteroatoms. The predicted octanol–water partition coefficient (Wildman–Crippen LogP) is 3.39. The van der Waals surface area contributed by atoms with Crippen LogP contribution in [0.1, 0.15) is 58.3 Å². The maximum atomic E-state index is 11.9. The molecule has 2 atom stereocenters. The maximum absolute atomic E-state index is 11.9. The topological polar surface area (TPSA) is 40.5 Å². The van der Waals surface area contributed by atoms with Gasteiger partial charge in [0.15, 0.2) is 0 Å². The summed E-state index contributed by atoms with van der Waals surface area (Å²) in [6, 6.07) is 0. The van der Waals surface area contributed by atoms with Gasteiger partial charge >= 0.3 is 5.97 Å². The molecule has 0 heterocycles. The van der Waals surface area contributed by atoms with Crippen LogP contribution in [0.25, 0.3) is 0 Å². The van der Waals surface area contributed by atoms with Crippen LogP contribution in [0.4, 0.5) is 0 Å². The minimum absolute atomic E-state index is 0.457. The Morgan fingerprint density at radius 2 is 1.75 bits per heavy atom. The first-order chi connectivity index (χ1) is 9.57. The van der Waals surface area contributed by atoms with E-state index in [9.17, 15) is 9.90 Å². The highest BCUT2D eigenvalue weighted by atomic mass is 16.4. The Balaban J connectivity index is 1.66. The summed E-state index contributed by atoms with van der Waals surface area (Å²) in [4.78, 5) is 14.4. The van der Waals surface area contributed by atoms with Crippen LogP contribution < -0.4 is 0 Å². The SMILES string of the molecule is CC1CCCC(CN(CC2CC2)CC2CC2)(C(=O)O)C1. The van der Waals surface area contributed by atoms with Gasteiger partial charge in [0.05, 0.1) is 5.41 Å². The van der Waals surface area contributed by atoms with Crippen LogP contribution in [0.2, 0.25) is 0 Å². The summed E-state index contributed by atoms with van der Waals surface area (Å²) in [5.74, 6) is 1.76. The Kier molecular flexibility index (Phi) is 4.07. The molecule has 0 spiro atoms. The summed E-state index contributed by atoms with van der Waals surface area (Å²) in [7, 11) is 0. The average Bonchev–Trinajstić information content (AvgIpc) is 3.25. The molecule has 3 saturated carbocycles. The molecule has 3 fully saturated rings. The Morgan fingerprint density at radius 3 is 2.20 bits per heavy atom. The zero-order valence-electron chi connectivity index (χ0n) is 12.8. The van der Waals surface area contributed by atoms with E-state index in [-0.39, 0.29) is 0 Å². The van der Waals surface area contributed by atoms with Gasteiger partial charge in [0.1, 0.15) is 0 Å². The minimum atomic E-state index is -0.541. The number of rotatable bonds is 7. The Morgan fingerprint density at radius 1 is 1.15 bits per heavy atom. The number of carboxylic acids is 1. The van der Waals surface area contributed by atoms with Gasteiger partial charge in [-0.3, -0.25) is 4.79 Å². The van der Waals surface area contributed by atoms with Gasteiger partial charge in [0, 0.05) is 19.6 Å². The van der Waals surface area contributed by atoms with Gasteiger partial charge in [-0.05, 0) is 56.3 Å². The van der Waals surface area contributed by atoms with E-state index in [0.717, 1.165) is 50.7 Å². The lowest BCUT2D eigenvalue weighted by atomic mass is 9.69. The fourth-order valence-corrected chi connectivity index (χ4v) is 4.03. The predicted molar refractivity (Wildman–Crippen MR) is 79.6 cm³/mol. The molecular formula is C17H29NO2. The first kappa shape index (κ1) is 14.4. The van der Waals surface area contributed by atoms with Crippen molar-refractivity contribution in [2.75, 3.05) is 19.6 Å². The maximum Gasteiger partial charge on any atom is 0.310 e. The molecule has 3 nitrogen and oxygen atoms in total. The van der Waals surface area contributed by atoms with E-state index in [1.807, 2.05) is 0 Å². The molecule has 3 rings (SSSR count). The summed E-state index contributed by atoms with van der Waals surface area (Å²) in [5, 5.41) is 9.83. The van der Waals surface area contributed by atoms with E-state index in [4.69, 9.17) is 0 Å². The van der Waals surface area contributed by atoms with Crippen molar-refractivity contribution in [3.63, 3.8) is 0 Å². The molecule has 0 aromatic carbocycles. The second-order valence-corrected chi connectivity index (χ2v) is 7.87. The second kappa shape index (κ2) is 5.67. The molecule has 2 unspecified atom stereocenters. The number of hydrogen-bond donors (Lipinski definition) is 1. The summed E-state index contributed by atoms with van der Waals surface area (Å²) < 4.78 is 0. The molecule has 20 heavy (non-hydrogen) atoms. The number of carbonyl (C=O) groups is 1. The lowest BCUT2D eigenvalue weighted by Gasteiger charge is -2.40. The van der Waals surface area contributed by atoms with Crippen LogP contribution in [0.3, 0.4) is 0 Å². The van der Waals surface area contributed by atoms with Crippen molar-refractivity contribution in [3.8, 4) is 0 Å². The molecule has 3 aliphatic rings. The molecule has 0 aromatic heterocycles. The van der Waals surface area contributed by atoms with E-state index < -0.39 is 11.4 Å². The van der Waals surface area contributed by atoms with Crippen LogP contribution in [-0.4, -0.2) is 35.6 Å². The third-order valence-electron chi connectivity index (χ3n) is 5.50. The highest BCUT2D eigenvalue weighted by Gasteiger charge is 2.44. The third kappa shape index (κ3) is 3.55. The standard InChI is InChI=1S/C17H29NO2/c1-13-3-2-8-17(9-13,16(19)20)12-18(10-14-4-5-14)11-15-6-7-15/h13-15H,2-12H2,1H3,(H,19,20). The van der Waals surface area contributed by atoms with Gasteiger partial charge < -0.3 is 10.0 Å². The van der Waals surface area contributed by atoms with Crippen molar-refractivity contribution in [2.24, 2.45) is 23.2 Å². The van der Waals surface area contributed by atoms with E-state index in [2.05, 4.69) is 11.8 Å². The Hall–Kier alpha value is -0.570. The number of carboxylic acid groups (broad SMARTS) is 1. The lowest BCUT2D eigenvalue weighted by molar-refractivity contribution is -0.153. The molecule has 0 aliphatic heterocycles. The Labute approximate surface area is 122 Å². The minimum Gasteiger partial charge on any atom is -0.481 e. The number of nitrogens with zero attached hydrogens (tertiary/aromatic N) is 1. The van der Waals surface area contributed by atoms with Crippen molar-refractivity contribution in [1.29, 1.82) is 0 Å². The van der Waals surface area contributed by atoms with Gasteiger partial charge in [-0.25, -0.2) is 0 Å². The molecule has 0 bridgehead atoms. The first-order valence-corrected chi connectivity index (χ1v) is 8.53. The van der Waals surface area contributed by atoms with Crippen molar-refractivity contribution in [3.05, 3.63) is 0 Å². The van der Waals surface area contributed by atoms with Crippen molar-refractivity contribution in [2.45, 2.75) is 58.3 Å². The summed E-state index contributed by atoms with van der Waals surface area (Å²) in [5.41, 5.74) is -0.457. The van der Waals surface area contributed by atoms with Gasteiger partial charge in [0.2, 0.25) is 0 Å². The van der Waals surface area contributed by atoms with Crippen molar-refractivity contribution >= 4 is 5.97 Å². The highest BCUT2D eigenvalue weighted by Crippen LogP contribution is 2.42. The zero-order valence-corrected chi connectivity index (χ0v) is 12.8. The molecule has 0 aromatic rings. The van der Waals surface area contributed by atoms with E-state index in [0.29, 0.717) is 5.92 Å². The largest absolute Gasteiger partial charge is 0.481 e. The highest BCUT2D eigenvalue weighted by molar-refractivity contribution is 5.75. The third-order valence-corrected chi connectivity index (χ3v) is 5.50. The summed E-state index contributed by atoms with van der Waals surface area (Å²) in [6.45, 7) is 5.34. The van der Waals surface area contributed by atoms with Crippen LogP contribution in [0, 0.1) is 23.2 Å². The van der Waals surface area contributed by atoms with E-state index in [1.165, 1.54) is 32.1 Å². The van der Waals surface area contributed by atoms with Gasteiger partial charge in [-0.15, -0.1) is 0 Å². The number of aliphatic carboxylic acids is 1. The molecule has 0 amide bonds. The normalized spacial score (nSPS) is 34.4. The second-order valence-electron chi connectivity index (χ2n) is 7.87. The smallest absolute Gasteiger partial charge is 0.310 e. The number of hydrogen-bond acceptors (Lipinski definition) is 2. The van der Waals surface area contributed by atoms with E-state index >= 15 is 0 Å². The molecular weight excluding hydrogens is 250 g/mol. The zero-order chi connectivity index (χ0) is 14.2. The van der Waals surface area contributed by atoms with Crippen LogP contribution in [0.15, 0.2) is 0 Å². The van der Waals surface area contributed by atoms with Crippen molar-refractivity contribution in [1.82, 2.24) is 4.90 Å². The van der Waals surface area contributed by atoms with Crippen LogP contribution in [-0.2, 0) is 4.79 Å². The van der Waals surface area contributed by atoms with Crippen LogP contribution in [0.5, 0.6) is 0 Å². The first-order valence-electron chi connectivity index (χ1n) is 8.53. The Bertz CT molecular complexity index is 348. The van der Waals surface area contributed by atoms with Crippen LogP contribution >= 0.6 is 0 Å². The fourth-order valence-electron chi connectivity index (χ4n) is 4.03.